The maximum Gasteiger partial charge on any atom is 0.247 e. The zero-order chi connectivity index (χ0) is 22.6. The Morgan fingerprint density at radius 3 is 2.45 bits per heavy atom. The van der Waals surface area contributed by atoms with E-state index in [0.717, 1.165) is 28.5 Å². The summed E-state index contributed by atoms with van der Waals surface area (Å²) >= 11 is 7.41. The summed E-state index contributed by atoms with van der Waals surface area (Å²) in [4.78, 5) is 0. The fourth-order valence-electron chi connectivity index (χ4n) is 3.20. The molecule has 3 heterocycles. The molecular weight excluding hydrogens is 462 g/mol. The van der Waals surface area contributed by atoms with Gasteiger partial charge in [-0.2, -0.15) is 0 Å². The summed E-state index contributed by atoms with van der Waals surface area (Å²) in [5, 5.41) is 18.5. The summed E-state index contributed by atoms with van der Waals surface area (Å²) in [6, 6.07) is 18.7. The molecule has 0 fully saturated rings. The minimum absolute atomic E-state index is 0.443. The van der Waals surface area contributed by atoms with Gasteiger partial charge in [0.1, 0.15) is 11.5 Å². The van der Waals surface area contributed by atoms with Gasteiger partial charge in [0.2, 0.25) is 11.8 Å². The van der Waals surface area contributed by atoms with Crippen LogP contribution in [0.1, 0.15) is 11.7 Å². The Morgan fingerprint density at radius 1 is 0.939 bits per heavy atom. The maximum atomic E-state index is 5.95. The van der Waals surface area contributed by atoms with Crippen LogP contribution in [0.2, 0.25) is 5.02 Å². The molecule has 5 aromatic rings. The number of furan rings is 1. The van der Waals surface area contributed by atoms with E-state index < -0.39 is 0 Å². The second-order valence-electron chi connectivity index (χ2n) is 7.00. The molecule has 5 rings (SSSR count). The highest BCUT2D eigenvalue weighted by molar-refractivity contribution is 7.98. The number of hydrogen-bond acceptors (Lipinski definition) is 8. The quantitative estimate of drug-likeness (QED) is 0.266. The Balaban J connectivity index is 1.38. The number of halogens is 1. The average Bonchev–Trinajstić information content (AvgIpc) is 3.61. The van der Waals surface area contributed by atoms with Gasteiger partial charge in [-0.05, 0) is 60.7 Å². The summed E-state index contributed by atoms with van der Waals surface area (Å²) in [6.45, 7) is 0.490. The van der Waals surface area contributed by atoms with Gasteiger partial charge in [0.05, 0.1) is 25.7 Å². The zero-order valence-corrected chi connectivity index (χ0v) is 19.1. The summed E-state index contributed by atoms with van der Waals surface area (Å²) < 4.78 is 18.6. The van der Waals surface area contributed by atoms with E-state index in [9.17, 15) is 0 Å². The van der Waals surface area contributed by atoms with Gasteiger partial charge in [0.15, 0.2) is 11.0 Å². The Kier molecular flexibility index (Phi) is 6.14. The predicted octanol–water partition coefficient (Wildman–Crippen LogP) is 5.59. The Hall–Kier alpha value is -3.56. The third kappa shape index (κ3) is 4.79. The molecular formula is C23H18ClN5O3S. The monoisotopic (exact) mass is 479 g/mol. The molecule has 3 aromatic heterocycles. The van der Waals surface area contributed by atoms with E-state index >= 15 is 0 Å². The van der Waals surface area contributed by atoms with Gasteiger partial charge in [-0.1, -0.05) is 23.4 Å². The number of thioether (sulfide) groups is 1. The van der Waals surface area contributed by atoms with Crippen LogP contribution < -0.4 is 4.74 Å². The highest BCUT2D eigenvalue weighted by atomic mass is 35.5. The highest BCUT2D eigenvalue weighted by Gasteiger charge is 2.18. The fraction of sp³-hybridized carbons (Fsp3) is 0.130. The molecule has 0 atom stereocenters. The molecule has 0 aliphatic heterocycles. The molecule has 0 bridgehead atoms. The first-order chi connectivity index (χ1) is 16.2. The maximum absolute atomic E-state index is 5.95. The third-order valence-corrected chi connectivity index (χ3v) is 6.05. The van der Waals surface area contributed by atoms with Crippen LogP contribution in [0.3, 0.4) is 0 Å². The number of nitrogens with zero attached hydrogens (tertiary/aromatic N) is 5. The van der Waals surface area contributed by atoms with Crippen LogP contribution in [0.5, 0.6) is 5.75 Å². The number of hydrogen-bond donors (Lipinski definition) is 0. The van der Waals surface area contributed by atoms with Crippen molar-refractivity contribution in [1.82, 2.24) is 25.0 Å². The molecule has 0 aliphatic rings. The zero-order valence-electron chi connectivity index (χ0n) is 17.5. The number of aromatic nitrogens is 5. The van der Waals surface area contributed by atoms with E-state index in [0.29, 0.717) is 34.3 Å². The fourth-order valence-corrected chi connectivity index (χ4v) is 4.10. The van der Waals surface area contributed by atoms with Gasteiger partial charge in [-0.15, -0.1) is 20.4 Å². The second kappa shape index (κ2) is 9.51. The summed E-state index contributed by atoms with van der Waals surface area (Å²) in [5.74, 6) is 3.68. The van der Waals surface area contributed by atoms with Gasteiger partial charge in [0.25, 0.3) is 0 Å². The van der Waals surface area contributed by atoms with Gasteiger partial charge >= 0.3 is 0 Å². The molecule has 0 N–H and O–H groups in total. The van der Waals surface area contributed by atoms with Crippen LogP contribution in [0, 0.1) is 0 Å². The van der Waals surface area contributed by atoms with E-state index in [1.165, 1.54) is 11.8 Å². The first kappa shape index (κ1) is 21.3. The molecule has 0 saturated heterocycles. The molecule has 0 spiro atoms. The normalized spacial score (nSPS) is 11.1. The summed E-state index contributed by atoms with van der Waals surface area (Å²) in [6.07, 6.45) is 1.65. The van der Waals surface area contributed by atoms with Crippen LogP contribution in [0.15, 0.2) is 80.9 Å². The average molecular weight is 480 g/mol. The molecule has 2 aromatic carbocycles. The molecule has 8 nitrogen and oxygen atoms in total. The van der Waals surface area contributed by atoms with Crippen LogP contribution >= 0.6 is 23.4 Å². The topological polar surface area (TPSA) is 92.0 Å². The van der Waals surface area contributed by atoms with E-state index in [1.54, 1.807) is 25.5 Å². The van der Waals surface area contributed by atoms with Crippen molar-refractivity contribution in [3.63, 3.8) is 0 Å². The first-order valence-corrected chi connectivity index (χ1v) is 11.4. The summed E-state index contributed by atoms with van der Waals surface area (Å²) in [5.41, 5.74) is 1.73. The standard InChI is InChI=1S/C23H18ClN5O3S/c1-30-18-10-6-15(7-11-18)21-26-28-23(29(21)13-19-3-2-12-31-19)33-14-20-25-27-22(32-20)16-4-8-17(24)9-5-16/h2-12H,13-14H2,1H3. The van der Waals surface area contributed by atoms with Crippen molar-refractivity contribution < 1.29 is 13.6 Å². The van der Waals surface area contributed by atoms with E-state index in [1.807, 2.05) is 53.1 Å². The van der Waals surface area contributed by atoms with Crippen molar-refractivity contribution in [2.45, 2.75) is 17.5 Å². The van der Waals surface area contributed by atoms with Crippen LogP contribution in [-0.2, 0) is 12.3 Å². The molecule has 166 valence electrons. The van der Waals surface area contributed by atoms with Crippen LogP contribution in [-0.4, -0.2) is 32.1 Å². The highest BCUT2D eigenvalue weighted by Crippen LogP contribution is 2.29. The van der Waals surface area contributed by atoms with Crippen molar-refractivity contribution in [2.24, 2.45) is 0 Å². The second-order valence-corrected chi connectivity index (χ2v) is 8.38. The Bertz CT molecular complexity index is 1330. The molecule has 0 aliphatic carbocycles. The predicted molar refractivity (Wildman–Crippen MR) is 124 cm³/mol. The number of ether oxygens (including phenoxy) is 1. The van der Waals surface area contributed by atoms with Crippen molar-refractivity contribution in [2.75, 3.05) is 7.11 Å². The third-order valence-electron chi connectivity index (χ3n) is 4.84. The van der Waals surface area contributed by atoms with Gasteiger partial charge in [-0.25, -0.2) is 0 Å². The lowest BCUT2D eigenvalue weighted by atomic mass is 10.2. The van der Waals surface area contributed by atoms with E-state index in [-0.39, 0.29) is 0 Å². The number of benzene rings is 2. The molecule has 10 heteroatoms. The van der Waals surface area contributed by atoms with Gasteiger partial charge in [0, 0.05) is 16.1 Å². The van der Waals surface area contributed by atoms with E-state index in [2.05, 4.69) is 20.4 Å². The lowest BCUT2D eigenvalue weighted by Crippen LogP contribution is -2.03. The summed E-state index contributed by atoms with van der Waals surface area (Å²) in [7, 11) is 1.64. The lowest BCUT2D eigenvalue weighted by Gasteiger charge is -2.09. The minimum Gasteiger partial charge on any atom is -0.497 e. The van der Waals surface area contributed by atoms with Gasteiger partial charge in [-0.3, -0.25) is 4.57 Å². The van der Waals surface area contributed by atoms with E-state index in [4.69, 9.17) is 25.2 Å². The van der Waals surface area contributed by atoms with Crippen LogP contribution in [0.4, 0.5) is 0 Å². The first-order valence-electron chi connectivity index (χ1n) is 10.0. The Labute approximate surface area is 198 Å². The van der Waals surface area contributed by atoms with Crippen molar-refractivity contribution in [3.8, 4) is 28.6 Å². The molecule has 0 amide bonds. The van der Waals surface area contributed by atoms with Gasteiger partial charge < -0.3 is 13.6 Å². The van der Waals surface area contributed by atoms with Crippen molar-refractivity contribution in [3.05, 3.63) is 83.6 Å². The Morgan fingerprint density at radius 2 is 1.73 bits per heavy atom. The van der Waals surface area contributed by atoms with Crippen molar-refractivity contribution in [1.29, 1.82) is 0 Å². The lowest BCUT2D eigenvalue weighted by molar-refractivity contribution is 0.415. The smallest absolute Gasteiger partial charge is 0.247 e. The van der Waals surface area contributed by atoms with Crippen LogP contribution in [0.25, 0.3) is 22.8 Å². The number of rotatable bonds is 8. The molecule has 0 radical (unpaired) electrons. The minimum atomic E-state index is 0.443. The SMILES string of the molecule is COc1ccc(-c2nnc(SCc3nnc(-c4ccc(Cl)cc4)o3)n2Cc2ccco2)cc1. The number of methoxy groups -OCH3 is 1. The molecule has 0 saturated carbocycles. The molecule has 0 unspecified atom stereocenters. The molecule has 33 heavy (non-hydrogen) atoms. The largest absolute Gasteiger partial charge is 0.497 e. The van der Waals surface area contributed by atoms with Crippen molar-refractivity contribution >= 4 is 23.4 Å².